The number of fused-ring (bicyclic) bond motifs is 2. The number of rotatable bonds is 6. The number of aryl methyl sites for hydroxylation is 1. The Kier molecular flexibility index (Phi) is 7.49. The van der Waals surface area contributed by atoms with Crippen molar-refractivity contribution in [3.63, 3.8) is 0 Å². The molecule has 0 saturated heterocycles. The predicted octanol–water partition coefficient (Wildman–Crippen LogP) is 5.51. The van der Waals surface area contributed by atoms with Gasteiger partial charge in [0.15, 0.2) is 0 Å². The van der Waals surface area contributed by atoms with Gasteiger partial charge in [-0.15, -0.1) is 12.4 Å². The number of benzene rings is 2. The molecule has 182 valence electrons. The molecule has 0 amide bonds. The molecule has 1 aliphatic heterocycles. The summed E-state index contributed by atoms with van der Waals surface area (Å²) in [7, 11) is 0. The lowest BCUT2D eigenvalue weighted by Crippen LogP contribution is -2.31. The number of likely N-dealkylation sites (N-methyl/N-ethyl adjacent to an activating group) is 1. The van der Waals surface area contributed by atoms with Crippen molar-refractivity contribution < 1.29 is 9.90 Å². The molecular weight excluding hydrogens is 474 g/mol. The lowest BCUT2D eigenvalue weighted by atomic mass is 9.92. The van der Waals surface area contributed by atoms with Crippen molar-refractivity contribution in [1.29, 1.82) is 5.26 Å². The number of aromatic nitrogens is 3. The summed E-state index contributed by atoms with van der Waals surface area (Å²) in [5.41, 5.74) is 6.15. The third-order valence-electron chi connectivity index (χ3n) is 6.35. The standard InChI is InChI=1S/C28H25N5O2.ClH/c1-2-32-16-20(27-23(18-32)25(28(34)35)22-11-6-7-12-24(22)30-27)15-21-17-33(14-8-13-29)31-26(21)19-9-4-3-5-10-19;/h3-7,9-12,15,17H,2,8,14,16,18H2,1H3,(H,34,35);1H. The van der Waals surface area contributed by atoms with Crippen LogP contribution in [0.25, 0.3) is 33.8 Å². The Hall–Kier alpha value is -3.99. The van der Waals surface area contributed by atoms with Gasteiger partial charge in [0.05, 0.1) is 41.5 Å². The molecule has 0 spiro atoms. The van der Waals surface area contributed by atoms with E-state index in [0.29, 0.717) is 42.5 Å². The third kappa shape index (κ3) is 4.74. The van der Waals surface area contributed by atoms with Gasteiger partial charge >= 0.3 is 5.97 Å². The van der Waals surface area contributed by atoms with Gasteiger partial charge in [-0.05, 0) is 24.3 Å². The van der Waals surface area contributed by atoms with Crippen LogP contribution < -0.4 is 0 Å². The first-order valence-corrected chi connectivity index (χ1v) is 11.7. The molecule has 1 N–H and O–H groups in total. The van der Waals surface area contributed by atoms with E-state index >= 15 is 0 Å². The number of carboxylic acids is 1. The highest BCUT2D eigenvalue weighted by Gasteiger charge is 2.28. The molecule has 7 nitrogen and oxygen atoms in total. The molecule has 36 heavy (non-hydrogen) atoms. The van der Waals surface area contributed by atoms with Crippen molar-refractivity contribution in [2.75, 3.05) is 13.1 Å². The Morgan fingerprint density at radius 2 is 1.86 bits per heavy atom. The minimum absolute atomic E-state index is 0. The maximum Gasteiger partial charge on any atom is 0.336 e. The van der Waals surface area contributed by atoms with Gasteiger partial charge in [-0.3, -0.25) is 9.58 Å². The number of pyridine rings is 1. The first kappa shape index (κ1) is 25.1. The van der Waals surface area contributed by atoms with Crippen molar-refractivity contribution in [1.82, 2.24) is 19.7 Å². The summed E-state index contributed by atoms with van der Waals surface area (Å²) < 4.78 is 1.80. The van der Waals surface area contributed by atoms with Crippen LogP contribution in [-0.4, -0.2) is 43.8 Å². The van der Waals surface area contributed by atoms with Crippen molar-refractivity contribution >= 4 is 40.9 Å². The molecule has 0 aliphatic carbocycles. The zero-order chi connectivity index (χ0) is 24.4. The molecule has 4 aromatic rings. The van der Waals surface area contributed by atoms with E-state index in [1.165, 1.54) is 0 Å². The number of aromatic carboxylic acids is 1. The van der Waals surface area contributed by atoms with Crippen molar-refractivity contribution in [2.45, 2.75) is 26.4 Å². The van der Waals surface area contributed by atoms with Gasteiger partial charge in [-0.2, -0.15) is 10.4 Å². The van der Waals surface area contributed by atoms with E-state index in [0.717, 1.165) is 40.2 Å². The average Bonchev–Trinajstić information content (AvgIpc) is 3.28. The van der Waals surface area contributed by atoms with E-state index < -0.39 is 5.97 Å². The fourth-order valence-electron chi connectivity index (χ4n) is 4.68. The molecule has 5 rings (SSSR count). The minimum atomic E-state index is -0.938. The number of hydrogen-bond donors (Lipinski definition) is 1. The maximum atomic E-state index is 12.4. The molecule has 1 aliphatic rings. The van der Waals surface area contributed by atoms with Crippen molar-refractivity contribution in [3.8, 4) is 17.3 Å². The molecule has 0 unspecified atom stereocenters. The average molecular weight is 500 g/mol. The number of halogens is 1. The van der Waals surface area contributed by atoms with Gasteiger partial charge in [0.25, 0.3) is 0 Å². The fraction of sp³-hybridized carbons (Fsp3) is 0.214. The van der Waals surface area contributed by atoms with E-state index in [9.17, 15) is 9.90 Å². The number of hydrogen-bond acceptors (Lipinski definition) is 5. The van der Waals surface area contributed by atoms with E-state index in [1.54, 1.807) is 4.68 Å². The van der Waals surface area contributed by atoms with Crippen LogP contribution >= 0.6 is 12.4 Å². The van der Waals surface area contributed by atoms with Crippen molar-refractivity contribution in [2.24, 2.45) is 0 Å². The summed E-state index contributed by atoms with van der Waals surface area (Å²) in [6, 6.07) is 19.5. The van der Waals surface area contributed by atoms with Gasteiger partial charge in [-0.1, -0.05) is 55.5 Å². The molecule has 0 fully saturated rings. The van der Waals surface area contributed by atoms with Gasteiger partial charge < -0.3 is 5.11 Å². The van der Waals surface area contributed by atoms with Crippen LogP contribution in [0.2, 0.25) is 0 Å². The van der Waals surface area contributed by atoms with Gasteiger partial charge in [0.1, 0.15) is 0 Å². The topological polar surface area (TPSA) is 95.0 Å². The molecule has 0 atom stereocenters. The second kappa shape index (κ2) is 10.7. The quantitative estimate of drug-likeness (QED) is 0.376. The van der Waals surface area contributed by atoms with E-state index in [4.69, 9.17) is 15.3 Å². The third-order valence-corrected chi connectivity index (χ3v) is 6.35. The van der Waals surface area contributed by atoms with E-state index in [1.807, 2.05) is 60.8 Å². The van der Waals surface area contributed by atoms with Gasteiger partial charge in [0, 0.05) is 41.4 Å². The first-order valence-electron chi connectivity index (χ1n) is 11.7. The normalized spacial score (nSPS) is 14.3. The highest BCUT2D eigenvalue weighted by molar-refractivity contribution is 6.06. The van der Waals surface area contributed by atoms with Crippen LogP contribution in [0.15, 0.2) is 60.8 Å². The molecule has 0 bridgehead atoms. The number of para-hydroxylation sites is 1. The van der Waals surface area contributed by atoms with Gasteiger partial charge in [-0.25, -0.2) is 9.78 Å². The summed E-state index contributed by atoms with van der Waals surface area (Å²) in [6.07, 6.45) is 4.40. The van der Waals surface area contributed by atoms with Crippen molar-refractivity contribution in [3.05, 3.63) is 83.2 Å². The molecule has 0 radical (unpaired) electrons. The lowest BCUT2D eigenvalue weighted by molar-refractivity contribution is 0.0696. The molecule has 2 aromatic heterocycles. The predicted molar refractivity (Wildman–Crippen MR) is 143 cm³/mol. The highest BCUT2D eigenvalue weighted by Crippen LogP contribution is 2.35. The molecule has 2 aromatic carbocycles. The van der Waals surface area contributed by atoms with Crippen LogP contribution in [0.3, 0.4) is 0 Å². The summed E-state index contributed by atoms with van der Waals surface area (Å²) in [5.74, 6) is -0.938. The highest BCUT2D eigenvalue weighted by atomic mass is 35.5. The van der Waals surface area contributed by atoms with Crippen LogP contribution in [0.1, 0.15) is 40.5 Å². The summed E-state index contributed by atoms with van der Waals surface area (Å²) in [6.45, 7) is 4.56. The fourth-order valence-corrected chi connectivity index (χ4v) is 4.68. The summed E-state index contributed by atoms with van der Waals surface area (Å²) >= 11 is 0. The van der Waals surface area contributed by atoms with Gasteiger partial charge in [0.2, 0.25) is 0 Å². The zero-order valence-corrected chi connectivity index (χ0v) is 20.7. The minimum Gasteiger partial charge on any atom is -0.478 e. The smallest absolute Gasteiger partial charge is 0.336 e. The van der Waals surface area contributed by atoms with E-state index in [2.05, 4.69) is 24.0 Å². The molecule has 3 heterocycles. The van der Waals surface area contributed by atoms with Crippen LogP contribution in [-0.2, 0) is 13.1 Å². The second-order valence-electron chi connectivity index (χ2n) is 8.58. The van der Waals surface area contributed by atoms with Crippen LogP contribution in [0.5, 0.6) is 0 Å². The van der Waals surface area contributed by atoms with Crippen LogP contribution in [0.4, 0.5) is 0 Å². The molecule has 8 heteroatoms. The Bertz CT molecular complexity index is 1490. The Morgan fingerprint density at radius 3 is 2.58 bits per heavy atom. The largest absolute Gasteiger partial charge is 0.478 e. The zero-order valence-electron chi connectivity index (χ0n) is 19.9. The molecular formula is C28H26ClN5O2. The van der Waals surface area contributed by atoms with Crippen LogP contribution in [0, 0.1) is 11.3 Å². The summed E-state index contributed by atoms with van der Waals surface area (Å²) in [5, 5.41) is 24.6. The maximum absolute atomic E-state index is 12.4. The monoisotopic (exact) mass is 499 g/mol. The number of carbonyl (C=O) groups is 1. The lowest BCUT2D eigenvalue weighted by Gasteiger charge is -2.30. The Balaban J connectivity index is 0.00000304. The first-order chi connectivity index (χ1) is 17.1. The number of nitriles is 1. The van der Waals surface area contributed by atoms with E-state index in [-0.39, 0.29) is 12.4 Å². The Morgan fingerprint density at radius 1 is 1.11 bits per heavy atom. The second-order valence-corrected chi connectivity index (χ2v) is 8.58. The number of nitrogens with zero attached hydrogens (tertiary/aromatic N) is 5. The molecule has 0 saturated carbocycles. The summed E-state index contributed by atoms with van der Waals surface area (Å²) in [4.78, 5) is 19.5. The Labute approximate surface area is 215 Å². The number of carboxylic acid groups (broad SMARTS) is 1. The SMILES string of the molecule is CCN1CC(=Cc2cn(CCC#N)nc2-c2ccccc2)c2nc3ccccc3c(C(=O)O)c2C1.Cl.